The fraction of sp³-hybridized carbons (Fsp3) is 0.500. The molecule has 0 atom stereocenters. The fourth-order valence-electron chi connectivity index (χ4n) is 1.16. The second kappa shape index (κ2) is 6.08. The third kappa shape index (κ3) is 3.28. The summed E-state index contributed by atoms with van der Waals surface area (Å²) in [6.07, 6.45) is 3.39. The lowest BCUT2D eigenvalue weighted by molar-refractivity contribution is 0.0974. The van der Waals surface area contributed by atoms with Crippen LogP contribution in [0.15, 0.2) is 12.4 Å². The van der Waals surface area contributed by atoms with E-state index in [2.05, 4.69) is 15.3 Å². The second-order valence-electron chi connectivity index (χ2n) is 2.94. The van der Waals surface area contributed by atoms with E-state index in [9.17, 15) is 4.79 Å². The highest BCUT2D eigenvalue weighted by atomic mass is 16.5. The van der Waals surface area contributed by atoms with Crippen LogP contribution in [0.3, 0.4) is 0 Å². The summed E-state index contributed by atoms with van der Waals surface area (Å²) in [5, 5.41) is 3.08. The molecule has 0 saturated carbocycles. The van der Waals surface area contributed by atoms with E-state index in [1.165, 1.54) is 19.5 Å². The van der Waals surface area contributed by atoms with E-state index in [0.29, 0.717) is 24.5 Å². The Bertz CT molecular complexity index is 328. The fourth-order valence-corrected chi connectivity index (χ4v) is 1.16. The van der Waals surface area contributed by atoms with Gasteiger partial charge < -0.3 is 10.1 Å². The molecule has 15 heavy (non-hydrogen) atoms. The zero-order valence-corrected chi connectivity index (χ0v) is 8.99. The number of nitrogens with zero attached hydrogens (tertiary/aromatic N) is 2. The van der Waals surface area contributed by atoms with Gasteiger partial charge in [0.1, 0.15) is 0 Å². The van der Waals surface area contributed by atoms with Crippen LogP contribution < -0.4 is 10.1 Å². The highest BCUT2D eigenvalue weighted by molar-refractivity contribution is 5.96. The smallest absolute Gasteiger partial charge is 0.243 e. The Hall–Kier alpha value is -1.49. The van der Waals surface area contributed by atoms with E-state index in [1.54, 1.807) is 0 Å². The van der Waals surface area contributed by atoms with E-state index in [4.69, 9.17) is 4.74 Å². The minimum Gasteiger partial charge on any atom is -0.479 e. The first-order chi connectivity index (χ1) is 7.29. The molecular formula is C10H15N3O2. The molecule has 0 fully saturated rings. The van der Waals surface area contributed by atoms with Crippen LogP contribution in [0, 0.1) is 0 Å². The molecule has 1 rings (SSSR count). The number of ketones is 1. The van der Waals surface area contributed by atoms with Crippen LogP contribution in [0.4, 0.5) is 0 Å². The molecule has 1 aromatic rings. The van der Waals surface area contributed by atoms with Gasteiger partial charge in [-0.3, -0.25) is 4.79 Å². The van der Waals surface area contributed by atoms with Crippen molar-refractivity contribution in [3.05, 3.63) is 18.1 Å². The molecule has 0 radical (unpaired) electrons. The average molecular weight is 209 g/mol. The summed E-state index contributed by atoms with van der Waals surface area (Å²) >= 11 is 0. The van der Waals surface area contributed by atoms with Gasteiger partial charge in [-0.05, 0) is 6.54 Å². The van der Waals surface area contributed by atoms with Crippen LogP contribution in [-0.4, -0.2) is 36.0 Å². The highest BCUT2D eigenvalue weighted by Crippen LogP contribution is 2.12. The molecule has 0 aliphatic carbocycles. The van der Waals surface area contributed by atoms with Crippen molar-refractivity contribution in [3.8, 4) is 5.88 Å². The predicted octanol–water partition coefficient (Wildman–Crippen LogP) is 0.667. The third-order valence-corrected chi connectivity index (χ3v) is 1.90. The summed E-state index contributed by atoms with van der Waals surface area (Å²) in [7, 11) is 1.48. The van der Waals surface area contributed by atoms with Gasteiger partial charge in [-0.15, -0.1) is 0 Å². The Labute approximate surface area is 88.9 Å². The predicted molar refractivity (Wildman–Crippen MR) is 56.1 cm³/mol. The number of Topliss-reactive ketones (excluding diaryl/α,β-unsaturated/α-hetero) is 1. The van der Waals surface area contributed by atoms with Crippen molar-refractivity contribution in [2.45, 2.75) is 13.3 Å². The largest absolute Gasteiger partial charge is 0.479 e. The maximum Gasteiger partial charge on any atom is 0.243 e. The Morgan fingerprint density at radius 3 is 2.87 bits per heavy atom. The van der Waals surface area contributed by atoms with E-state index in [-0.39, 0.29) is 5.78 Å². The SMILES string of the molecule is CCNCCC(=O)c1nccnc1OC. The molecule has 0 aliphatic heterocycles. The van der Waals surface area contributed by atoms with Gasteiger partial charge in [-0.25, -0.2) is 9.97 Å². The van der Waals surface area contributed by atoms with Gasteiger partial charge in [0.25, 0.3) is 0 Å². The number of carbonyl (C=O) groups is 1. The molecule has 0 spiro atoms. The molecule has 5 heteroatoms. The molecule has 0 bridgehead atoms. The second-order valence-corrected chi connectivity index (χ2v) is 2.94. The van der Waals surface area contributed by atoms with Gasteiger partial charge in [0.05, 0.1) is 7.11 Å². The molecular weight excluding hydrogens is 194 g/mol. The number of ether oxygens (including phenoxy) is 1. The summed E-state index contributed by atoms with van der Waals surface area (Å²) in [6.45, 7) is 3.49. The van der Waals surface area contributed by atoms with Crippen LogP contribution in [0.2, 0.25) is 0 Å². The lowest BCUT2D eigenvalue weighted by Gasteiger charge is -2.04. The Morgan fingerprint density at radius 2 is 2.20 bits per heavy atom. The van der Waals surface area contributed by atoms with Gasteiger partial charge in [-0.2, -0.15) is 0 Å². The number of hydrogen-bond donors (Lipinski definition) is 1. The van der Waals surface area contributed by atoms with Crippen molar-refractivity contribution >= 4 is 5.78 Å². The Balaban J connectivity index is 2.64. The molecule has 0 aromatic carbocycles. The van der Waals surface area contributed by atoms with E-state index in [0.717, 1.165) is 6.54 Å². The Morgan fingerprint density at radius 1 is 1.47 bits per heavy atom. The third-order valence-electron chi connectivity index (χ3n) is 1.90. The van der Waals surface area contributed by atoms with Crippen molar-refractivity contribution in [2.75, 3.05) is 20.2 Å². The maximum absolute atomic E-state index is 11.7. The molecule has 1 heterocycles. The van der Waals surface area contributed by atoms with Gasteiger partial charge in [0, 0.05) is 25.4 Å². The first-order valence-corrected chi connectivity index (χ1v) is 4.88. The molecule has 5 nitrogen and oxygen atoms in total. The maximum atomic E-state index is 11.7. The minimum atomic E-state index is -0.0547. The van der Waals surface area contributed by atoms with Crippen LogP contribution >= 0.6 is 0 Å². The molecule has 0 saturated heterocycles. The normalized spacial score (nSPS) is 10.0. The van der Waals surface area contributed by atoms with Crippen LogP contribution in [0.25, 0.3) is 0 Å². The van der Waals surface area contributed by atoms with E-state index < -0.39 is 0 Å². The minimum absolute atomic E-state index is 0.0547. The van der Waals surface area contributed by atoms with E-state index >= 15 is 0 Å². The monoisotopic (exact) mass is 209 g/mol. The van der Waals surface area contributed by atoms with Gasteiger partial charge in [0.15, 0.2) is 11.5 Å². The summed E-state index contributed by atoms with van der Waals surface area (Å²) in [5.41, 5.74) is 0.304. The lowest BCUT2D eigenvalue weighted by Crippen LogP contribution is -2.18. The zero-order valence-electron chi connectivity index (χ0n) is 8.99. The quantitative estimate of drug-likeness (QED) is 0.551. The standard InChI is InChI=1S/C10H15N3O2/c1-3-11-5-4-8(14)9-10(15-2)13-7-6-12-9/h6-7,11H,3-5H2,1-2H3. The molecule has 0 amide bonds. The van der Waals surface area contributed by atoms with E-state index in [1.807, 2.05) is 6.92 Å². The number of carbonyl (C=O) groups excluding carboxylic acids is 1. The number of methoxy groups -OCH3 is 1. The summed E-state index contributed by atoms with van der Waals surface area (Å²) in [6, 6.07) is 0. The molecule has 82 valence electrons. The number of hydrogen-bond acceptors (Lipinski definition) is 5. The van der Waals surface area contributed by atoms with Crippen molar-refractivity contribution in [2.24, 2.45) is 0 Å². The first kappa shape index (κ1) is 11.6. The number of aromatic nitrogens is 2. The van der Waals surface area contributed by atoms with Crippen molar-refractivity contribution < 1.29 is 9.53 Å². The van der Waals surface area contributed by atoms with Gasteiger partial charge >= 0.3 is 0 Å². The zero-order chi connectivity index (χ0) is 11.1. The summed E-state index contributed by atoms with van der Waals surface area (Å²) < 4.78 is 4.96. The number of nitrogens with one attached hydrogen (secondary N) is 1. The van der Waals surface area contributed by atoms with Crippen LogP contribution in [0.1, 0.15) is 23.8 Å². The van der Waals surface area contributed by atoms with Crippen molar-refractivity contribution in [1.29, 1.82) is 0 Å². The Kier molecular flexibility index (Phi) is 4.70. The van der Waals surface area contributed by atoms with Crippen molar-refractivity contribution in [3.63, 3.8) is 0 Å². The van der Waals surface area contributed by atoms with Crippen molar-refractivity contribution in [1.82, 2.24) is 15.3 Å². The van der Waals surface area contributed by atoms with Crippen LogP contribution in [-0.2, 0) is 0 Å². The molecule has 1 N–H and O–H groups in total. The molecule has 0 aliphatic rings. The lowest BCUT2D eigenvalue weighted by atomic mass is 10.2. The first-order valence-electron chi connectivity index (χ1n) is 4.88. The van der Waals surface area contributed by atoms with Gasteiger partial charge in [-0.1, -0.05) is 6.92 Å². The van der Waals surface area contributed by atoms with Crippen LogP contribution in [0.5, 0.6) is 5.88 Å². The summed E-state index contributed by atoms with van der Waals surface area (Å²) in [4.78, 5) is 19.6. The topological polar surface area (TPSA) is 64.1 Å². The highest BCUT2D eigenvalue weighted by Gasteiger charge is 2.13. The number of rotatable bonds is 6. The molecule has 0 unspecified atom stereocenters. The summed E-state index contributed by atoms with van der Waals surface area (Å²) in [5.74, 6) is 0.236. The van der Waals surface area contributed by atoms with Gasteiger partial charge in [0.2, 0.25) is 5.88 Å². The molecule has 1 aromatic heterocycles. The average Bonchev–Trinajstić information content (AvgIpc) is 2.29.